The van der Waals surface area contributed by atoms with E-state index in [0.29, 0.717) is 21.5 Å². The fourth-order valence-corrected chi connectivity index (χ4v) is 3.82. The highest BCUT2D eigenvalue weighted by atomic mass is 127. The van der Waals surface area contributed by atoms with E-state index in [1.807, 2.05) is 23.6 Å². The zero-order valence-electron chi connectivity index (χ0n) is 12.6. The van der Waals surface area contributed by atoms with Gasteiger partial charge in [0.1, 0.15) is 0 Å². The first-order chi connectivity index (χ1) is 12.1. The molecule has 0 atom stereocenters. The number of carbonyl (C=O) groups excluding carboxylic acids is 1. The van der Waals surface area contributed by atoms with Crippen LogP contribution in [0.5, 0.6) is 11.5 Å². The number of rotatable bonds is 3. The quantitative estimate of drug-likeness (QED) is 0.529. The fraction of sp³-hybridized carbons (Fsp3) is 0.0588. The standard InChI is InChI=1S/C17H10ClIN2O3S/c18-10-2-3-12(19)11(6-10)16(22)21-17-20-13(7-25-17)9-1-4-14-15(5-9)24-8-23-14/h1-7H,8H2,(H,20,21,22). The molecule has 0 bridgehead atoms. The maximum absolute atomic E-state index is 12.4. The molecule has 126 valence electrons. The van der Waals surface area contributed by atoms with Crippen LogP contribution in [-0.2, 0) is 0 Å². The summed E-state index contributed by atoms with van der Waals surface area (Å²) in [6.45, 7) is 0.232. The predicted octanol–water partition coefficient (Wildman–Crippen LogP) is 5.05. The topological polar surface area (TPSA) is 60.5 Å². The molecule has 1 N–H and O–H groups in total. The summed E-state index contributed by atoms with van der Waals surface area (Å²) in [7, 11) is 0. The van der Waals surface area contributed by atoms with Gasteiger partial charge in [0.2, 0.25) is 6.79 Å². The first-order valence-corrected chi connectivity index (χ1v) is 9.56. The normalized spacial score (nSPS) is 12.2. The first-order valence-electron chi connectivity index (χ1n) is 7.22. The second-order valence-electron chi connectivity index (χ2n) is 5.18. The first kappa shape index (κ1) is 16.6. The van der Waals surface area contributed by atoms with Gasteiger partial charge in [0.25, 0.3) is 5.91 Å². The van der Waals surface area contributed by atoms with Gasteiger partial charge in [0.05, 0.1) is 11.3 Å². The highest BCUT2D eigenvalue weighted by molar-refractivity contribution is 14.1. The lowest BCUT2D eigenvalue weighted by atomic mass is 10.1. The van der Waals surface area contributed by atoms with Gasteiger partial charge in [-0.15, -0.1) is 11.3 Å². The molecule has 0 saturated heterocycles. The van der Waals surface area contributed by atoms with Crippen molar-refractivity contribution in [1.29, 1.82) is 0 Å². The lowest BCUT2D eigenvalue weighted by Gasteiger charge is -2.05. The Kier molecular flexibility index (Phi) is 4.53. The van der Waals surface area contributed by atoms with Gasteiger partial charge in [-0.05, 0) is 59.0 Å². The Bertz CT molecular complexity index is 976. The molecule has 0 fully saturated rings. The number of carbonyl (C=O) groups is 1. The number of amides is 1. The van der Waals surface area contributed by atoms with Crippen molar-refractivity contribution in [1.82, 2.24) is 4.98 Å². The van der Waals surface area contributed by atoms with Crippen molar-refractivity contribution in [3.05, 3.63) is 55.9 Å². The van der Waals surface area contributed by atoms with Crippen LogP contribution in [0.1, 0.15) is 10.4 Å². The second-order valence-corrected chi connectivity index (χ2v) is 7.64. The smallest absolute Gasteiger partial charge is 0.258 e. The van der Waals surface area contributed by atoms with Crippen molar-refractivity contribution in [2.24, 2.45) is 0 Å². The van der Waals surface area contributed by atoms with Crippen molar-refractivity contribution in [3.8, 4) is 22.8 Å². The summed E-state index contributed by atoms with van der Waals surface area (Å²) in [5, 5.41) is 5.74. The maximum atomic E-state index is 12.4. The molecule has 8 heteroatoms. The van der Waals surface area contributed by atoms with E-state index in [1.54, 1.807) is 18.2 Å². The molecular weight excluding hydrogens is 475 g/mol. The Morgan fingerprint density at radius 3 is 2.92 bits per heavy atom. The second kappa shape index (κ2) is 6.81. The van der Waals surface area contributed by atoms with E-state index in [4.69, 9.17) is 21.1 Å². The average molecular weight is 485 g/mol. The molecular formula is C17H10ClIN2O3S. The molecule has 0 spiro atoms. The molecule has 1 aliphatic heterocycles. The minimum atomic E-state index is -0.238. The van der Waals surface area contributed by atoms with Crippen LogP contribution in [0.2, 0.25) is 5.02 Å². The molecule has 4 rings (SSSR count). The summed E-state index contributed by atoms with van der Waals surface area (Å²) >= 11 is 9.44. The Balaban J connectivity index is 1.55. The van der Waals surface area contributed by atoms with Gasteiger partial charge >= 0.3 is 0 Å². The number of nitrogens with zero attached hydrogens (tertiary/aromatic N) is 1. The van der Waals surface area contributed by atoms with Crippen LogP contribution in [0.3, 0.4) is 0 Å². The number of thiazole rings is 1. The zero-order chi connectivity index (χ0) is 17.4. The monoisotopic (exact) mass is 484 g/mol. The summed E-state index contributed by atoms with van der Waals surface area (Å²) in [6.07, 6.45) is 0. The third kappa shape index (κ3) is 3.44. The van der Waals surface area contributed by atoms with Gasteiger partial charge in [-0.25, -0.2) is 4.98 Å². The number of aromatic nitrogens is 1. The van der Waals surface area contributed by atoms with E-state index >= 15 is 0 Å². The van der Waals surface area contributed by atoms with Gasteiger partial charge in [-0.2, -0.15) is 0 Å². The third-order valence-electron chi connectivity index (χ3n) is 3.57. The molecule has 1 amide bonds. The molecule has 1 aliphatic rings. The lowest BCUT2D eigenvalue weighted by molar-refractivity contribution is 0.102. The van der Waals surface area contributed by atoms with Crippen molar-refractivity contribution in [2.45, 2.75) is 0 Å². The van der Waals surface area contributed by atoms with Crippen LogP contribution < -0.4 is 14.8 Å². The van der Waals surface area contributed by atoms with Crippen LogP contribution in [-0.4, -0.2) is 17.7 Å². The molecule has 3 aromatic rings. The van der Waals surface area contributed by atoms with Crippen molar-refractivity contribution in [2.75, 3.05) is 12.1 Å². The van der Waals surface area contributed by atoms with Crippen LogP contribution in [0, 0.1) is 3.57 Å². The molecule has 0 radical (unpaired) electrons. The van der Waals surface area contributed by atoms with Crippen LogP contribution in [0.4, 0.5) is 5.13 Å². The Labute approximate surface area is 166 Å². The summed E-state index contributed by atoms with van der Waals surface area (Å²) in [6, 6.07) is 10.8. The summed E-state index contributed by atoms with van der Waals surface area (Å²) in [4.78, 5) is 16.9. The zero-order valence-corrected chi connectivity index (χ0v) is 16.3. The van der Waals surface area contributed by atoms with Crippen molar-refractivity contribution < 1.29 is 14.3 Å². The lowest BCUT2D eigenvalue weighted by Crippen LogP contribution is -2.13. The number of hydrogen-bond acceptors (Lipinski definition) is 5. The highest BCUT2D eigenvalue weighted by Crippen LogP contribution is 2.36. The summed E-state index contributed by atoms with van der Waals surface area (Å²) in [5.41, 5.74) is 2.19. The molecule has 5 nitrogen and oxygen atoms in total. The average Bonchev–Trinajstić information content (AvgIpc) is 3.25. The number of hydrogen-bond donors (Lipinski definition) is 1. The van der Waals surface area contributed by atoms with Gasteiger partial charge in [0.15, 0.2) is 16.6 Å². The van der Waals surface area contributed by atoms with E-state index in [1.165, 1.54) is 11.3 Å². The Hall–Kier alpha value is -1.84. The molecule has 0 aliphatic carbocycles. The van der Waals surface area contributed by atoms with E-state index in [2.05, 4.69) is 32.9 Å². The SMILES string of the molecule is O=C(Nc1nc(-c2ccc3c(c2)OCO3)cs1)c1cc(Cl)ccc1I. The fourth-order valence-electron chi connectivity index (χ4n) is 2.36. The van der Waals surface area contributed by atoms with Gasteiger partial charge in [-0.1, -0.05) is 11.6 Å². The number of anilines is 1. The molecule has 2 aromatic carbocycles. The van der Waals surface area contributed by atoms with Crippen LogP contribution in [0.15, 0.2) is 41.8 Å². The summed E-state index contributed by atoms with van der Waals surface area (Å²) < 4.78 is 11.5. The number of halogens is 2. The number of ether oxygens (including phenoxy) is 2. The van der Waals surface area contributed by atoms with Crippen molar-refractivity contribution >= 4 is 56.6 Å². The highest BCUT2D eigenvalue weighted by Gasteiger charge is 2.16. The molecule has 25 heavy (non-hydrogen) atoms. The third-order valence-corrected chi connectivity index (χ3v) is 5.50. The summed E-state index contributed by atoms with van der Waals surface area (Å²) in [5.74, 6) is 1.19. The number of benzene rings is 2. The van der Waals surface area contributed by atoms with Gasteiger partial charge in [0, 0.05) is 19.5 Å². The van der Waals surface area contributed by atoms with Gasteiger partial charge in [-0.3, -0.25) is 10.1 Å². The molecule has 2 heterocycles. The Morgan fingerprint density at radius 2 is 2.04 bits per heavy atom. The molecule has 0 saturated carbocycles. The van der Waals surface area contributed by atoms with E-state index in [0.717, 1.165) is 20.6 Å². The van der Waals surface area contributed by atoms with Gasteiger partial charge < -0.3 is 9.47 Å². The van der Waals surface area contributed by atoms with E-state index < -0.39 is 0 Å². The molecule has 0 unspecified atom stereocenters. The number of nitrogens with one attached hydrogen (secondary N) is 1. The minimum absolute atomic E-state index is 0.232. The Morgan fingerprint density at radius 1 is 1.20 bits per heavy atom. The van der Waals surface area contributed by atoms with Crippen LogP contribution >= 0.6 is 45.5 Å². The minimum Gasteiger partial charge on any atom is -0.454 e. The maximum Gasteiger partial charge on any atom is 0.258 e. The number of fused-ring (bicyclic) bond motifs is 1. The van der Waals surface area contributed by atoms with Crippen LogP contribution in [0.25, 0.3) is 11.3 Å². The predicted molar refractivity (Wildman–Crippen MR) is 106 cm³/mol. The molecule has 1 aromatic heterocycles. The van der Waals surface area contributed by atoms with E-state index in [-0.39, 0.29) is 12.7 Å². The largest absolute Gasteiger partial charge is 0.454 e. The van der Waals surface area contributed by atoms with E-state index in [9.17, 15) is 4.79 Å². The van der Waals surface area contributed by atoms with Crippen molar-refractivity contribution in [3.63, 3.8) is 0 Å².